The Morgan fingerprint density at radius 3 is 2.69 bits per heavy atom. The third-order valence-corrected chi connectivity index (χ3v) is 3.80. The van der Waals surface area contributed by atoms with Gasteiger partial charge in [0, 0.05) is 6.04 Å². The molecule has 1 aromatic carbocycles. The Balaban J connectivity index is 2.12. The SMILES string of the molecule is CC1C(N)CCC1Cc1cccc(F)c1F. The van der Waals surface area contributed by atoms with Crippen LogP contribution in [0.25, 0.3) is 0 Å². The molecule has 3 unspecified atom stereocenters. The molecule has 0 amide bonds. The van der Waals surface area contributed by atoms with Gasteiger partial charge in [-0.15, -0.1) is 0 Å². The van der Waals surface area contributed by atoms with E-state index in [0.717, 1.165) is 18.9 Å². The monoisotopic (exact) mass is 225 g/mol. The van der Waals surface area contributed by atoms with Gasteiger partial charge in [0.05, 0.1) is 0 Å². The van der Waals surface area contributed by atoms with E-state index in [0.29, 0.717) is 23.8 Å². The van der Waals surface area contributed by atoms with E-state index in [4.69, 9.17) is 5.73 Å². The quantitative estimate of drug-likeness (QED) is 0.822. The lowest BCUT2D eigenvalue weighted by molar-refractivity contribution is 0.382. The van der Waals surface area contributed by atoms with Crippen LogP contribution < -0.4 is 5.73 Å². The van der Waals surface area contributed by atoms with Crippen molar-refractivity contribution in [3.63, 3.8) is 0 Å². The summed E-state index contributed by atoms with van der Waals surface area (Å²) in [5, 5.41) is 0. The molecular formula is C13H17F2N. The molecule has 3 atom stereocenters. The lowest BCUT2D eigenvalue weighted by atomic mass is 9.89. The van der Waals surface area contributed by atoms with E-state index in [9.17, 15) is 8.78 Å². The number of nitrogens with two attached hydrogens (primary N) is 1. The fourth-order valence-electron chi connectivity index (χ4n) is 2.56. The van der Waals surface area contributed by atoms with Crippen LogP contribution >= 0.6 is 0 Å². The average Bonchev–Trinajstić information content (AvgIpc) is 2.57. The zero-order chi connectivity index (χ0) is 11.7. The first-order valence-corrected chi connectivity index (χ1v) is 5.78. The van der Waals surface area contributed by atoms with Crippen LogP contribution in [0.5, 0.6) is 0 Å². The Bertz CT molecular complexity index is 378. The number of benzene rings is 1. The molecule has 2 N–H and O–H groups in total. The zero-order valence-corrected chi connectivity index (χ0v) is 9.42. The van der Waals surface area contributed by atoms with Gasteiger partial charge in [0.15, 0.2) is 11.6 Å². The van der Waals surface area contributed by atoms with Crippen LogP contribution in [0.15, 0.2) is 18.2 Å². The fraction of sp³-hybridized carbons (Fsp3) is 0.538. The molecule has 1 aliphatic carbocycles. The molecule has 0 heterocycles. The third kappa shape index (κ3) is 2.09. The Morgan fingerprint density at radius 2 is 2.06 bits per heavy atom. The molecule has 0 spiro atoms. The predicted octanol–water partition coefficient (Wildman–Crippen LogP) is 2.88. The highest BCUT2D eigenvalue weighted by molar-refractivity contribution is 5.20. The molecule has 0 aromatic heterocycles. The van der Waals surface area contributed by atoms with Crippen molar-refractivity contribution < 1.29 is 8.78 Å². The molecule has 1 saturated carbocycles. The van der Waals surface area contributed by atoms with Crippen molar-refractivity contribution in [3.8, 4) is 0 Å². The van der Waals surface area contributed by atoms with Crippen LogP contribution in [-0.4, -0.2) is 6.04 Å². The molecule has 2 rings (SSSR count). The van der Waals surface area contributed by atoms with E-state index < -0.39 is 11.6 Å². The van der Waals surface area contributed by atoms with Crippen LogP contribution in [0.4, 0.5) is 8.78 Å². The van der Waals surface area contributed by atoms with Gasteiger partial charge in [-0.2, -0.15) is 0 Å². The minimum Gasteiger partial charge on any atom is -0.327 e. The normalized spacial score (nSPS) is 29.6. The van der Waals surface area contributed by atoms with E-state index in [1.807, 2.05) is 0 Å². The molecule has 1 nitrogen and oxygen atoms in total. The minimum atomic E-state index is -0.757. The van der Waals surface area contributed by atoms with Crippen LogP contribution in [0.2, 0.25) is 0 Å². The molecule has 3 heteroatoms. The summed E-state index contributed by atoms with van der Waals surface area (Å²) in [4.78, 5) is 0. The average molecular weight is 225 g/mol. The predicted molar refractivity (Wildman–Crippen MR) is 59.9 cm³/mol. The fourth-order valence-corrected chi connectivity index (χ4v) is 2.56. The van der Waals surface area contributed by atoms with Gasteiger partial charge < -0.3 is 5.73 Å². The molecule has 16 heavy (non-hydrogen) atoms. The second kappa shape index (κ2) is 4.50. The first-order valence-electron chi connectivity index (χ1n) is 5.78. The van der Waals surface area contributed by atoms with E-state index in [1.54, 1.807) is 12.1 Å². The summed E-state index contributed by atoms with van der Waals surface area (Å²) in [6.07, 6.45) is 2.60. The number of hydrogen-bond donors (Lipinski definition) is 1. The van der Waals surface area contributed by atoms with Crippen molar-refractivity contribution in [2.24, 2.45) is 17.6 Å². The molecule has 0 bridgehead atoms. The summed E-state index contributed by atoms with van der Waals surface area (Å²) in [5.74, 6) is -0.684. The Labute approximate surface area is 94.7 Å². The van der Waals surface area contributed by atoms with Crippen molar-refractivity contribution >= 4 is 0 Å². The summed E-state index contributed by atoms with van der Waals surface area (Å²) in [5.41, 5.74) is 6.40. The summed E-state index contributed by atoms with van der Waals surface area (Å²) in [6.45, 7) is 2.10. The second-order valence-corrected chi connectivity index (χ2v) is 4.78. The molecule has 1 aromatic rings. The summed E-state index contributed by atoms with van der Waals surface area (Å²) < 4.78 is 26.5. The summed E-state index contributed by atoms with van der Waals surface area (Å²) in [6, 6.07) is 4.59. The summed E-state index contributed by atoms with van der Waals surface area (Å²) >= 11 is 0. The smallest absolute Gasteiger partial charge is 0.162 e. The summed E-state index contributed by atoms with van der Waals surface area (Å²) in [7, 11) is 0. The van der Waals surface area contributed by atoms with E-state index in [-0.39, 0.29) is 6.04 Å². The van der Waals surface area contributed by atoms with E-state index in [2.05, 4.69) is 6.92 Å². The molecule has 0 radical (unpaired) electrons. The Kier molecular flexibility index (Phi) is 3.24. The Hall–Kier alpha value is -0.960. The van der Waals surface area contributed by atoms with Gasteiger partial charge in [-0.25, -0.2) is 8.78 Å². The molecule has 1 fully saturated rings. The first-order chi connectivity index (χ1) is 7.59. The van der Waals surface area contributed by atoms with Crippen molar-refractivity contribution in [1.82, 2.24) is 0 Å². The highest BCUT2D eigenvalue weighted by Crippen LogP contribution is 2.33. The van der Waals surface area contributed by atoms with Crippen molar-refractivity contribution in [1.29, 1.82) is 0 Å². The zero-order valence-electron chi connectivity index (χ0n) is 9.42. The molecule has 0 saturated heterocycles. The second-order valence-electron chi connectivity index (χ2n) is 4.78. The van der Waals surface area contributed by atoms with Gasteiger partial charge >= 0.3 is 0 Å². The molecule has 0 aliphatic heterocycles. The van der Waals surface area contributed by atoms with Crippen molar-refractivity contribution in [2.45, 2.75) is 32.2 Å². The van der Waals surface area contributed by atoms with Gasteiger partial charge in [0.25, 0.3) is 0 Å². The molecule has 1 aliphatic rings. The number of halogens is 2. The van der Waals surface area contributed by atoms with E-state index >= 15 is 0 Å². The van der Waals surface area contributed by atoms with Crippen molar-refractivity contribution in [2.75, 3.05) is 0 Å². The lowest BCUT2D eigenvalue weighted by Crippen LogP contribution is -2.25. The highest BCUT2D eigenvalue weighted by Gasteiger charge is 2.30. The van der Waals surface area contributed by atoms with Gasteiger partial charge in [0.1, 0.15) is 0 Å². The van der Waals surface area contributed by atoms with Crippen LogP contribution in [0.3, 0.4) is 0 Å². The molecular weight excluding hydrogens is 208 g/mol. The van der Waals surface area contributed by atoms with Crippen LogP contribution in [0.1, 0.15) is 25.3 Å². The minimum absolute atomic E-state index is 0.210. The van der Waals surface area contributed by atoms with Crippen LogP contribution in [0, 0.1) is 23.5 Å². The number of rotatable bonds is 2. The Morgan fingerprint density at radius 1 is 1.31 bits per heavy atom. The van der Waals surface area contributed by atoms with Crippen LogP contribution in [-0.2, 0) is 6.42 Å². The molecule has 88 valence electrons. The highest BCUT2D eigenvalue weighted by atomic mass is 19.2. The first kappa shape index (κ1) is 11.5. The largest absolute Gasteiger partial charge is 0.327 e. The number of hydrogen-bond acceptors (Lipinski definition) is 1. The van der Waals surface area contributed by atoms with Gasteiger partial charge in [-0.05, 0) is 42.7 Å². The van der Waals surface area contributed by atoms with Gasteiger partial charge in [0.2, 0.25) is 0 Å². The van der Waals surface area contributed by atoms with Gasteiger partial charge in [-0.3, -0.25) is 0 Å². The lowest BCUT2D eigenvalue weighted by Gasteiger charge is -2.18. The third-order valence-electron chi connectivity index (χ3n) is 3.80. The topological polar surface area (TPSA) is 26.0 Å². The standard InChI is InChI=1S/C13H17F2N/c1-8-9(5-6-12(8)16)7-10-3-2-4-11(14)13(10)15/h2-4,8-9,12H,5-7,16H2,1H3. The maximum absolute atomic E-state index is 13.5. The maximum atomic E-state index is 13.5. The van der Waals surface area contributed by atoms with Crippen molar-refractivity contribution in [3.05, 3.63) is 35.4 Å². The van der Waals surface area contributed by atoms with E-state index in [1.165, 1.54) is 0 Å². The maximum Gasteiger partial charge on any atom is 0.162 e. The van der Waals surface area contributed by atoms with Gasteiger partial charge in [-0.1, -0.05) is 19.1 Å².